The topological polar surface area (TPSA) is 0 Å². The third-order valence-electron chi connectivity index (χ3n) is 1.60. The fourth-order valence-electron chi connectivity index (χ4n) is 0.815. The molecule has 92 valence electrons. The summed E-state index contributed by atoms with van der Waals surface area (Å²) in [6, 6.07) is 0. The number of alkyl halides is 3. The molecule has 0 aliphatic carbocycles. The van der Waals surface area contributed by atoms with E-state index in [4.69, 9.17) is 34.8 Å². The molecule has 1 unspecified atom stereocenters. The van der Waals surface area contributed by atoms with Gasteiger partial charge in [-0.3, -0.25) is 0 Å². The van der Waals surface area contributed by atoms with E-state index in [0.29, 0.717) is 17.6 Å². The Morgan fingerprint density at radius 3 is 1.80 bits per heavy atom. The minimum Gasteiger partial charge on any atom is -0.0898 e. The highest BCUT2D eigenvalue weighted by molar-refractivity contribution is 8.77. The van der Waals surface area contributed by atoms with Crippen LogP contribution < -0.4 is 0 Å². The molecule has 0 saturated carbocycles. The van der Waals surface area contributed by atoms with E-state index < -0.39 is 3.79 Å². The van der Waals surface area contributed by atoms with Gasteiger partial charge in [-0.05, 0) is 5.92 Å². The molecule has 5 heteroatoms. The Kier molecular flexibility index (Phi) is 7.17. The molecule has 0 heterocycles. The van der Waals surface area contributed by atoms with Crippen molar-refractivity contribution in [3.63, 3.8) is 0 Å². The van der Waals surface area contributed by atoms with Crippen molar-refractivity contribution in [2.45, 2.75) is 54.8 Å². The van der Waals surface area contributed by atoms with Gasteiger partial charge in [0.05, 0.1) is 0 Å². The zero-order valence-electron chi connectivity index (χ0n) is 9.81. The monoisotopic (exact) mass is 308 g/mol. The second-order valence-corrected chi connectivity index (χ2v) is 10.7. The van der Waals surface area contributed by atoms with Crippen molar-refractivity contribution >= 4 is 56.4 Å². The van der Waals surface area contributed by atoms with Crippen molar-refractivity contribution in [2.75, 3.05) is 0 Å². The van der Waals surface area contributed by atoms with Crippen LogP contribution in [0.2, 0.25) is 0 Å². The van der Waals surface area contributed by atoms with E-state index in [0.717, 1.165) is 0 Å². The maximum Gasteiger partial charge on any atom is 0.191 e. The summed E-state index contributed by atoms with van der Waals surface area (Å²) >= 11 is 17.5. The van der Waals surface area contributed by atoms with Gasteiger partial charge >= 0.3 is 0 Å². The van der Waals surface area contributed by atoms with Crippen molar-refractivity contribution in [1.29, 1.82) is 0 Å². The minimum absolute atomic E-state index is 0.241. The van der Waals surface area contributed by atoms with Crippen LogP contribution in [0.4, 0.5) is 0 Å². The largest absolute Gasteiger partial charge is 0.191 e. The Bertz CT molecular complexity index is 182. The molecule has 0 aromatic heterocycles. The van der Waals surface area contributed by atoms with E-state index >= 15 is 0 Å². The average Bonchev–Trinajstić information content (AvgIpc) is 1.93. The molecule has 0 rings (SSSR count). The lowest BCUT2D eigenvalue weighted by Crippen LogP contribution is -2.19. The van der Waals surface area contributed by atoms with Crippen molar-refractivity contribution in [3.05, 3.63) is 0 Å². The molecule has 0 radical (unpaired) electrons. The van der Waals surface area contributed by atoms with Crippen LogP contribution in [-0.4, -0.2) is 13.8 Å². The highest BCUT2D eigenvalue weighted by Gasteiger charge is 2.29. The summed E-state index contributed by atoms with van der Waals surface area (Å²) in [6.07, 6.45) is 0.600. The number of hydrogen-bond acceptors (Lipinski definition) is 2. The van der Waals surface area contributed by atoms with Crippen molar-refractivity contribution in [2.24, 2.45) is 5.92 Å². The van der Waals surface area contributed by atoms with Crippen molar-refractivity contribution in [3.8, 4) is 0 Å². The summed E-state index contributed by atoms with van der Waals surface area (Å²) in [5.41, 5.74) is 0. The highest BCUT2D eigenvalue weighted by Crippen LogP contribution is 2.45. The Morgan fingerprint density at radius 2 is 1.53 bits per heavy atom. The third-order valence-corrected chi connectivity index (χ3v) is 6.15. The van der Waals surface area contributed by atoms with Crippen LogP contribution in [0, 0.1) is 5.92 Å². The zero-order valence-corrected chi connectivity index (χ0v) is 13.7. The van der Waals surface area contributed by atoms with E-state index in [9.17, 15) is 0 Å². The molecule has 0 aliphatic rings. The summed E-state index contributed by atoms with van der Waals surface area (Å²) in [6.45, 7) is 10.9. The van der Waals surface area contributed by atoms with Gasteiger partial charge in [0.15, 0.2) is 3.79 Å². The van der Waals surface area contributed by atoms with Gasteiger partial charge in [-0.15, -0.1) is 0 Å². The second-order valence-electron chi connectivity index (χ2n) is 4.89. The molecule has 0 saturated heterocycles. The zero-order chi connectivity index (χ0) is 12.3. The Morgan fingerprint density at radius 1 is 1.07 bits per heavy atom. The lowest BCUT2D eigenvalue weighted by molar-refractivity contribution is 0.581. The van der Waals surface area contributed by atoms with E-state index in [2.05, 4.69) is 34.6 Å². The van der Waals surface area contributed by atoms with E-state index in [1.807, 2.05) is 21.6 Å². The molecule has 0 bridgehead atoms. The molecule has 0 aromatic carbocycles. The van der Waals surface area contributed by atoms with Gasteiger partial charge in [-0.1, -0.05) is 91.0 Å². The molecule has 0 spiro atoms. The van der Waals surface area contributed by atoms with Gasteiger partial charge in [-0.2, -0.15) is 0 Å². The lowest BCUT2D eigenvalue weighted by atomic mass is 10.1. The second kappa shape index (κ2) is 6.49. The van der Waals surface area contributed by atoms with E-state index in [-0.39, 0.29) is 4.75 Å². The molecule has 0 amide bonds. The average molecular weight is 310 g/mol. The van der Waals surface area contributed by atoms with E-state index in [1.54, 1.807) is 0 Å². The maximum absolute atomic E-state index is 5.83. The third kappa shape index (κ3) is 10.4. The normalized spacial score (nSPS) is 15.8. The van der Waals surface area contributed by atoms with Gasteiger partial charge in [-0.25, -0.2) is 0 Å². The van der Waals surface area contributed by atoms with Gasteiger partial charge < -0.3 is 0 Å². The maximum atomic E-state index is 5.83. The van der Waals surface area contributed by atoms with Crippen molar-refractivity contribution < 1.29 is 0 Å². The smallest absolute Gasteiger partial charge is 0.0898 e. The molecular weight excluding hydrogens is 291 g/mol. The highest BCUT2D eigenvalue weighted by atomic mass is 35.6. The standard InChI is InChI=1S/C10H19Cl3S2/c1-7(2)8(6-10(11,12)13)14-15-9(3,4)5/h7-8H,6H2,1-5H3. The first-order chi connectivity index (χ1) is 6.51. The summed E-state index contributed by atoms with van der Waals surface area (Å²) in [5.74, 6) is 0.514. The van der Waals surface area contributed by atoms with Gasteiger partial charge in [0.1, 0.15) is 0 Å². The first-order valence-corrected chi connectivity index (χ1v) is 8.27. The van der Waals surface area contributed by atoms with Crippen LogP contribution in [0.1, 0.15) is 41.0 Å². The SMILES string of the molecule is CC(C)C(CC(Cl)(Cl)Cl)SSC(C)(C)C. The van der Waals surface area contributed by atoms with Gasteiger partial charge in [0, 0.05) is 16.4 Å². The Labute approximate surface area is 117 Å². The summed E-state index contributed by atoms with van der Waals surface area (Å²) in [5, 5.41) is 0.377. The van der Waals surface area contributed by atoms with Crippen LogP contribution in [-0.2, 0) is 0 Å². The molecule has 0 fully saturated rings. The number of halogens is 3. The van der Waals surface area contributed by atoms with Crippen LogP contribution >= 0.6 is 56.4 Å². The summed E-state index contributed by atoms with van der Waals surface area (Å²) < 4.78 is -0.897. The predicted molar refractivity (Wildman–Crippen MR) is 78.5 cm³/mol. The Balaban J connectivity index is 4.18. The molecule has 15 heavy (non-hydrogen) atoms. The number of rotatable bonds is 4. The molecule has 1 atom stereocenters. The van der Waals surface area contributed by atoms with Crippen molar-refractivity contribution in [1.82, 2.24) is 0 Å². The predicted octanol–water partition coefficient (Wildman–Crippen LogP) is 5.95. The van der Waals surface area contributed by atoms with Crippen LogP contribution in [0.3, 0.4) is 0 Å². The fourth-order valence-corrected chi connectivity index (χ4v) is 4.65. The molecule has 0 N–H and O–H groups in total. The van der Waals surface area contributed by atoms with E-state index in [1.165, 1.54) is 0 Å². The van der Waals surface area contributed by atoms with Crippen LogP contribution in [0.15, 0.2) is 0 Å². The molecule has 0 aromatic rings. The first kappa shape index (κ1) is 16.6. The van der Waals surface area contributed by atoms with Gasteiger partial charge in [0.25, 0.3) is 0 Å². The molecule has 0 aliphatic heterocycles. The lowest BCUT2D eigenvalue weighted by Gasteiger charge is -2.26. The van der Waals surface area contributed by atoms with Crippen LogP contribution in [0.25, 0.3) is 0 Å². The minimum atomic E-state index is -1.14. The Hall–Kier alpha value is 1.57. The van der Waals surface area contributed by atoms with Crippen LogP contribution in [0.5, 0.6) is 0 Å². The number of hydrogen-bond donors (Lipinski definition) is 0. The molecule has 0 nitrogen and oxygen atoms in total. The first-order valence-electron chi connectivity index (χ1n) is 4.92. The fraction of sp³-hybridized carbons (Fsp3) is 1.00. The summed E-state index contributed by atoms with van der Waals surface area (Å²) in [4.78, 5) is 0. The molecular formula is C10H19Cl3S2. The van der Waals surface area contributed by atoms with Gasteiger partial charge in [0.2, 0.25) is 0 Å². The quantitative estimate of drug-likeness (QED) is 0.465. The summed E-state index contributed by atoms with van der Waals surface area (Å²) in [7, 11) is 3.68.